The highest BCUT2D eigenvalue weighted by Crippen LogP contribution is 2.28. The molecule has 0 aliphatic rings. The Labute approximate surface area is 173 Å². The molecule has 3 aromatic rings. The van der Waals surface area contributed by atoms with Gasteiger partial charge in [-0.3, -0.25) is 4.84 Å². The molecule has 0 amide bonds. The first-order valence-corrected chi connectivity index (χ1v) is 10.2. The van der Waals surface area contributed by atoms with Gasteiger partial charge in [0, 0.05) is 7.05 Å². The van der Waals surface area contributed by atoms with Crippen LogP contribution in [0.5, 0.6) is 11.5 Å². The largest absolute Gasteiger partial charge is 0.497 e. The van der Waals surface area contributed by atoms with Crippen molar-refractivity contribution in [1.29, 1.82) is 0 Å². The Morgan fingerprint density at radius 3 is 2.24 bits per heavy atom. The number of carbonyl (C=O) groups excluding carboxylic acids is 1. The highest BCUT2D eigenvalue weighted by molar-refractivity contribution is 7.89. The van der Waals surface area contributed by atoms with E-state index in [2.05, 4.69) is 0 Å². The van der Waals surface area contributed by atoms with E-state index in [9.17, 15) is 13.2 Å². The molecule has 0 aliphatic carbocycles. The van der Waals surface area contributed by atoms with Gasteiger partial charge in [-0.05, 0) is 53.2 Å². The smallest absolute Gasteiger partial charge is 0.343 e. The zero-order valence-electron chi connectivity index (χ0n) is 15.9. The fourth-order valence-electron chi connectivity index (χ4n) is 2.62. The van der Waals surface area contributed by atoms with Gasteiger partial charge in [-0.25, -0.2) is 13.2 Å². The van der Waals surface area contributed by atoms with Crippen molar-refractivity contribution in [2.45, 2.75) is 4.90 Å². The van der Waals surface area contributed by atoms with Crippen LogP contribution in [0.1, 0.15) is 10.4 Å². The van der Waals surface area contributed by atoms with Crippen LogP contribution in [0.2, 0.25) is 5.02 Å². The van der Waals surface area contributed by atoms with Crippen molar-refractivity contribution < 1.29 is 27.5 Å². The van der Waals surface area contributed by atoms with Crippen LogP contribution in [0.25, 0.3) is 10.8 Å². The quantitative estimate of drug-likeness (QED) is 0.332. The number of hydroxylamine groups is 1. The molecule has 0 aromatic heterocycles. The molecule has 0 radical (unpaired) electrons. The van der Waals surface area contributed by atoms with Gasteiger partial charge in [0.15, 0.2) is 0 Å². The topological polar surface area (TPSA) is 82.1 Å². The fourth-order valence-corrected chi connectivity index (χ4v) is 4.10. The molecule has 0 N–H and O–H groups in total. The van der Waals surface area contributed by atoms with Gasteiger partial charge < -0.3 is 9.47 Å². The van der Waals surface area contributed by atoms with Crippen molar-refractivity contribution in [3.8, 4) is 11.5 Å². The van der Waals surface area contributed by atoms with Crippen molar-refractivity contribution in [2.24, 2.45) is 0 Å². The predicted molar refractivity (Wildman–Crippen MR) is 109 cm³/mol. The first kappa shape index (κ1) is 21.1. The van der Waals surface area contributed by atoms with E-state index in [1.54, 1.807) is 19.2 Å². The number of hydrogen-bond donors (Lipinski definition) is 0. The molecular formula is C20H18ClNO6S. The Kier molecular flexibility index (Phi) is 6.09. The summed E-state index contributed by atoms with van der Waals surface area (Å²) in [5.41, 5.74) is 0.0308. The molecule has 0 aliphatic heterocycles. The Morgan fingerprint density at radius 1 is 0.931 bits per heavy atom. The first-order chi connectivity index (χ1) is 13.8. The molecule has 7 nitrogen and oxygen atoms in total. The normalized spacial score (nSPS) is 11.6. The Bertz CT molecular complexity index is 1180. The van der Waals surface area contributed by atoms with Crippen molar-refractivity contribution in [3.05, 3.63) is 65.2 Å². The Hall–Kier alpha value is -2.65. The summed E-state index contributed by atoms with van der Waals surface area (Å²) in [6.07, 6.45) is 0. The highest BCUT2D eigenvalue weighted by Gasteiger charge is 2.25. The number of benzene rings is 3. The second-order valence-electron chi connectivity index (χ2n) is 6.01. The van der Waals surface area contributed by atoms with Gasteiger partial charge in [0.2, 0.25) is 0 Å². The van der Waals surface area contributed by atoms with Crippen molar-refractivity contribution in [3.63, 3.8) is 0 Å². The third-order valence-corrected chi connectivity index (χ3v) is 6.43. The van der Waals surface area contributed by atoms with E-state index in [4.69, 9.17) is 25.9 Å². The summed E-state index contributed by atoms with van der Waals surface area (Å²) in [5, 5.41) is 1.74. The van der Waals surface area contributed by atoms with Crippen molar-refractivity contribution >= 4 is 38.4 Å². The molecule has 0 fully saturated rings. The maximum Gasteiger partial charge on any atom is 0.343 e. The van der Waals surface area contributed by atoms with Crippen LogP contribution in [0.3, 0.4) is 0 Å². The van der Waals surface area contributed by atoms with Crippen LogP contribution in [0.15, 0.2) is 59.5 Å². The average molecular weight is 436 g/mol. The molecule has 0 saturated heterocycles. The number of halogens is 1. The number of ether oxygens (including phenoxy) is 2. The number of carbonyl (C=O) groups is 1. The van der Waals surface area contributed by atoms with E-state index in [1.807, 2.05) is 24.3 Å². The lowest BCUT2D eigenvalue weighted by atomic mass is 10.1. The summed E-state index contributed by atoms with van der Waals surface area (Å²) in [6.45, 7) is 0. The molecule has 0 spiro atoms. The summed E-state index contributed by atoms with van der Waals surface area (Å²) in [4.78, 5) is 17.1. The van der Waals surface area contributed by atoms with E-state index in [-0.39, 0.29) is 15.5 Å². The second kappa shape index (κ2) is 8.38. The molecule has 9 heteroatoms. The van der Waals surface area contributed by atoms with Gasteiger partial charge >= 0.3 is 5.97 Å². The number of fused-ring (bicyclic) bond motifs is 1. The zero-order valence-corrected chi connectivity index (χ0v) is 17.5. The minimum Gasteiger partial charge on any atom is -0.497 e. The van der Waals surface area contributed by atoms with Gasteiger partial charge in [0.1, 0.15) is 16.4 Å². The molecule has 0 bridgehead atoms. The van der Waals surface area contributed by atoms with E-state index < -0.39 is 16.0 Å². The number of nitrogens with zero attached hydrogens (tertiary/aromatic N) is 1. The summed E-state index contributed by atoms with van der Waals surface area (Å²) in [6, 6.07) is 14.6. The lowest BCUT2D eigenvalue weighted by Gasteiger charge is -2.15. The number of rotatable bonds is 6. The summed E-state index contributed by atoms with van der Waals surface area (Å²) in [7, 11) is -0.0311. The van der Waals surface area contributed by atoms with E-state index >= 15 is 0 Å². The molecular weight excluding hydrogens is 418 g/mol. The lowest BCUT2D eigenvalue weighted by molar-refractivity contribution is -0.0258. The van der Waals surface area contributed by atoms with Crippen LogP contribution in [-0.4, -0.2) is 40.1 Å². The maximum atomic E-state index is 12.6. The maximum absolute atomic E-state index is 12.6. The molecule has 0 heterocycles. The van der Waals surface area contributed by atoms with Gasteiger partial charge in [0.05, 0.1) is 24.8 Å². The molecule has 152 valence electrons. The van der Waals surface area contributed by atoms with Gasteiger partial charge in [0.25, 0.3) is 10.0 Å². The van der Waals surface area contributed by atoms with E-state index in [0.717, 1.165) is 16.8 Å². The summed E-state index contributed by atoms with van der Waals surface area (Å²) >= 11 is 6.02. The van der Waals surface area contributed by atoms with Crippen molar-refractivity contribution in [2.75, 3.05) is 21.3 Å². The molecule has 0 unspecified atom stereocenters. The fraction of sp³-hybridized carbons (Fsp3) is 0.150. The predicted octanol–water partition coefficient (Wildman–Crippen LogP) is 3.90. The molecule has 29 heavy (non-hydrogen) atoms. The molecule has 0 atom stereocenters. The van der Waals surface area contributed by atoms with Crippen LogP contribution in [0.4, 0.5) is 0 Å². The van der Waals surface area contributed by atoms with Gasteiger partial charge in [-0.15, -0.1) is 0 Å². The third kappa shape index (κ3) is 4.35. The van der Waals surface area contributed by atoms with Gasteiger partial charge in [-0.1, -0.05) is 28.2 Å². The van der Waals surface area contributed by atoms with Gasteiger partial charge in [-0.2, -0.15) is 0 Å². The lowest BCUT2D eigenvalue weighted by Crippen LogP contribution is -2.26. The minimum absolute atomic E-state index is 0.0308. The van der Waals surface area contributed by atoms with Crippen molar-refractivity contribution in [1.82, 2.24) is 4.47 Å². The molecule has 3 rings (SSSR count). The Balaban J connectivity index is 1.91. The third-order valence-electron chi connectivity index (χ3n) is 4.27. The molecule has 0 saturated carbocycles. The number of esters is 1. The first-order valence-electron chi connectivity index (χ1n) is 8.39. The molecule has 3 aromatic carbocycles. The second-order valence-corrected chi connectivity index (χ2v) is 8.32. The average Bonchev–Trinajstić information content (AvgIpc) is 2.72. The number of methoxy groups -OCH3 is 1. The van der Waals surface area contributed by atoms with E-state index in [1.165, 1.54) is 26.3 Å². The summed E-state index contributed by atoms with van der Waals surface area (Å²) in [5.74, 6) is 0.264. The Morgan fingerprint density at radius 2 is 1.59 bits per heavy atom. The monoisotopic (exact) mass is 435 g/mol. The number of hydrogen-bond acceptors (Lipinski definition) is 6. The SMILES string of the molecule is COc1ccc2ccc(OC(=O)c3ccc(Cl)c(S(=O)(=O)N(C)OC)c3)cc2c1. The minimum atomic E-state index is -4.03. The van der Waals surface area contributed by atoms with E-state index in [0.29, 0.717) is 16.0 Å². The summed E-state index contributed by atoms with van der Waals surface area (Å²) < 4.78 is 36.2. The van der Waals surface area contributed by atoms with Crippen LogP contribution < -0.4 is 9.47 Å². The zero-order chi connectivity index (χ0) is 21.2. The van der Waals surface area contributed by atoms with Crippen LogP contribution >= 0.6 is 11.6 Å². The van der Waals surface area contributed by atoms with Crippen LogP contribution in [-0.2, 0) is 14.9 Å². The standard InChI is InChI=1S/C20H18ClNO6S/c1-22(27-3)29(24,25)19-12-14(6-9-18(19)21)20(23)28-17-8-5-13-4-7-16(26-2)10-15(13)11-17/h4-12H,1-3H3. The highest BCUT2D eigenvalue weighted by atomic mass is 35.5. The number of sulfonamides is 1. The van der Waals surface area contributed by atoms with Crippen LogP contribution in [0, 0.1) is 0 Å².